The Kier molecular flexibility index (Phi) is 7.51. The first-order valence-electron chi connectivity index (χ1n) is 14.2. The predicted octanol–water partition coefficient (Wildman–Crippen LogP) is 4.79. The van der Waals surface area contributed by atoms with Gasteiger partial charge in [-0.1, -0.05) is 38.1 Å². The van der Waals surface area contributed by atoms with Crippen molar-refractivity contribution in [3.8, 4) is 22.7 Å². The highest BCUT2D eigenvalue weighted by atomic mass is 35.5. The lowest BCUT2D eigenvalue weighted by Crippen LogP contribution is -2.54. The zero-order chi connectivity index (χ0) is 30.4. The Morgan fingerprint density at radius 3 is 2.81 bits per heavy atom. The number of amides is 1. The van der Waals surface area contributed by atoms with Crippen LogP contribution < -0.4 is 20.6 Å². The number of piperazine rings is 1. The van der Waals surface area contributed by atoms with Crippen LogP contribution in [0.5, 0.6) is 5.75 Å². The van der Waals surface area contributed by atoms with Crippen molar-refractivity contribution in [1.82, 2.24) is 24.4 Å². The minimum absolute atomic E-state index is 0.0772. The molecule has 1 atom stereocenters. The molecule has 0 aliphatic carbocycles. The van der Waals surface area contributed by atoms with Crippen molar-refractivity contribution in [2.75, 3.05) is 43.0 Å². The van der Waals surface area contributed by atoms with Crippen LogP contribution in [0.25, 0.3) is 28.0 Å². The predicted molar refractivity (Wildman–Crippen MR) is 165 cm³/mol. The van der Waals surface area contributed by atoms with E-state index >= 15 is 4.39 Å². The molecule has 0 radical (unpaired) electrons. The fraction of sp³-hybridized carbons (Fsp3) is 0.323. The van der Waals surface area contributed by atoms with E-state index in [0.29, 0.717) is 60.2 Å². The second-order valence-corrected chi connectivity index (χ2v) is 11.3. The lowest BCUT2D eigenvalue weighted by Gasteiger charge is -2.40. The fourth-order valence-corrected chi connectivity index (χ4v) is 6.02. The Hall–Kier alpha value is -4.51. The smallest absolute Gasteiger partial charge is 0.356 e. The van der Waals surface area contributed by atoms with Crippen molar-refractivity contribution in [2.24, 2.45) is 0 Å². The summed E-state index contributed by atoms with van der Waals surface area (Å²) in [7, 11) is 0. The van der Waals surface area contributed by atoms with Gasteiger partial charge in [0.05, 0.1) is 27.4 Å². The molecule has 2 aliphatic rings. The number of nitrogens with one attached hydrogen (secondary N) is 1. The first-order valence-corrected chi connectivity index (χ1v) is 14.5. The quantitative estimate of drug-likeness (QED) is 0.334. The molecule has 1 N–H and O–H groups in total. The molecule has 0 unspecified atom stereocenters. The number of ether oxygens (including phenoxy) is 1. The zero-order valence-corrected chi connectivity index (χ0v) is 24.9. The van der Waals surface area contributed by atoms with Gasteiger partial charge in [-0.05, 0) is 37.1 Å². The fourth-order valence-electron chi connectivity index (χ4n) is 5.78. The van der Waals surface area contributed by atoms with E-state index in [2.05, 4.69) is 21.9 Å². The lowest BCUT2D eigenvalue weighted by molar-refractivity contribution is -0.126. The third-order valence-electron chi connectivity index (χ3n) is 7.80. The van der Waals surface area contributed by atoms with E-state index in [1.54, 1.807) is 35.4 Å². The molecule has 10 nitrogen and oxygen atoms in total. The average Bonchev–Trinajstić information content (AvgIpc) is 2.98. The molecule has 222 valence electrons. The van der Waals surface area contributed by atoms with Gasteiger partial charge < -0.3 is 19.9 Å². The van der Waals surface area contributed by atoms with Gasteiger partial charge in [-0.15, -0.1) is 0 Å². The number of pyridine rings is 2. The maximum atomic E-state index is 15.5. The molecule has 1 fully saturated rings. The summed E-state index contributed by atoms with van der Waals surface area (Å²) in [5, 5.41) is 3.94. The monoisotopic (exact) mass is 603 g/mol. The van der Waals surface area contributed by atoms with Crippen LogP contribution in [0.1, 0.15) is 32.4 Å². The van der Waals surface area contributed by atoms with Crippen molar-refractivity contribution in [2.45, 2.75) is 32.7 Å². The number of rotatable bonds is 3. The number of benzene rings is 1. The standard InChI is InChI=1S/C31H31ClFN7O3/c1-5-24(41)38-12-13-39(18(4)16-38)29-19-15-20(32)27-25-21(33)7-6-8-22(25)34-11-14-43-23-9-10-35-26(17(2)3)28(23)40(30(19)36-27)31(42)37-29/h5-10,15,17-18,34H,1,11-14,16H2,2-4H3/t18-/m1/s1. The molecule has 12 heteroatoms. The van der Waals surface area contributed by atoms with Gasteiger partial charge in [-0.25, -0.2) is 18.7 Å². The third kappa shape index (κ3) is 4.97. The van der Waals surface area contributed by atoms with Crippen molar-refractivity contribution in [1.29, 1.82) is 0 Å². The van der Waals surface area contributed by atoms with Gasteiger partial charge >= 0.3 is 5.69 Å². The molecule has 1 amide bonds. The van der Waals surface area contributed by atoms with Gasteiger partial charge in [0.15, 0.2) is 5.65 Å². The number of hydrogen-bond acceptors (Lipinski definition) is 8. The molecule has 1 saturated heterocycles. The van der Waals surface area contributed by atoms with Crippen LogP contribution in [0, 0.1) is 5.82 Å². The van der Waals surface area contributed by atoms with E-state index in [0.717, 1.165) is 0 Å². The molecule has 6 rings (SSSR count). The van der Waals surface area contributed by atoms with E-state index in [1.165, 1.54) is 16.7 Å². The summed E-state index contributed by atoms with van der Waals surface area (Å²) in [5.74, 6) is 0.0804. The number of anilines is 2. The van der Waals surface area contributed by atoms with Crippen molar-refractivity contribution >= 4 is 40.0 Å². The number of carbonyl (C=O) groups excluding carboxylic acids is 1. The average molecular weight is 604 g/mol. The lowest BCUT2D eigenvalue weighted by atomic mass is 10.1. The van der Waals surface area contributed by atoms with Crippen LogP contribution >= 0.6 is 11.6 Å². The maximum absolute atomic E-state index is 15.5. The third-order valence-corrected chi connectivity index (χ3v) is 8.09. The summed E-state index contributed by atoms with van der Waals surface area (Å²) in [6.45, 7) is 11.3. The second kappa shape index (κ2) is 11.3. The molecule has 5 heterocycles. The largest absolute Gasteiger partial charge is 0.489 e. The van der Waals surface area contributed by atoms with Crippen LogP contribution in [0.15, 0.2) is 54.0 Å². The van der Waals surface area contributed by atoms with E-state index in [4.69, 9.17) is 21.3 Å². The van der Waals surface area contributed by atoms with Crippen molar-refractivity contribution in [3.05, 3.63) is 76.2 Å². The highest BCUT2D eigenvalue weighted by Crippen LogP contribution is 2.40. The highest BCUT2D eigenvalue weighted by molar-refractivity contribution is 6.34. The molecule has 2 bridgehead atoms. The Labute approximate surface area is 252 Å². The Balaban J connectivity index is 1.68. The van der Waals surface area contributed by atoms with Gasteiger partial charge in [0.1, 0.15) is 29.7 Å². The molecule has 4 aromatic rings. The molecular weight excluding hydrogens is 573 g/mol. The van der Waals surface area contributed by atoms with Crippen LogP contribution in [0.2, 0.25) is 5.02 Å². The van der Waals surface area contributed by atoms with Gasteiger partial charge in [-0.3, -0.25) is 9.78 Å². The Morgan fingerprint density at radius 1 is 1.26 bits per heavy atom. The Bertz CT molecular complexity index is 1830. The van der Waals surface area contributed by atoms with Gasteiger partial charge in [0, 0.05) is 50.2 Å². The summed E-state index contributed by atoms with van der Waals surface area (Å²) in [5.41, 5.74) is 1.56. The Morgan fingerprint density at radius 2 is 2.07 bits per heavy atom. The number of nitrogens with zero attached hydrogens (tertiary/aromatic N) is 6. The number of fused-ring (bicyclic) bond motifs is 5. The molecule has 43 heavy (non-hydrogen) atoms. The number of carbonyl (C=O) groups is 1. The van der Waals surface area contributed by atoms with Gasteiger partial charge in [0.25, 0.3) is 0 Å². The maximum Gasteiger partial charge on any atom is 0.356 e. The molecule has 0 saturated carbocycles. The molecular formula is C31H31ClFN7O3. The van der Waals surface area contributed by atoms with Crippen molar-refractivity contribution < 1.29 is 13.9 Å². The van der Waals surface area contributed by atoms with Crippen LogP contribution in [0.3, 0.4) is 0 Å². The van der Waals surface area contributed by atoms with Crippen LogP contribution in [-0.2, 0) is 4.79 Å². The minimum atomic E-state index is -0.594. The summed E-state index contributed by atoms with van der Waals surface area (Å²) in [6, 6.07) is 7.91. The van der Waals surface area contributed by atoms with Crippen LogP contribution in [-0.4, -0.2) is 69.2 Å². The van der Waals surface area contributed by atoms with E-state index in [1.807, 2.05) is 25.7 Å². The molecule has 2 aliphatic heterocycles. The summed E-state index contributed by atoms with van der Waals surface area (Å²) in [6.07, 6.45) is 2.94. The topological polar surface area (TPSA) is 105 Å². The van der Waals surface area contributed by atoms with E-state index in [-0.39, 0.29) is 46.4 Å². The first-order chi connectivity index (χ1) is 20.7. The van der Waals surface area contributed by atoms with Gasteiger partial charge in [-0.2, -0.15) is 4.98 Å². The highest BCUT2D eigenvalue weighted by Gasteiger charge is 2.31. The molecule has 1 aromatic carbocycles. The summed E-state index contributed by atoms with van der Waals surface area (Å²) >= 11 is 6.89. The zero-order valence-electron chi connectivity index (χ0n) is 24.1. The number of hydrogen-bond donors (Lipinski definition) is 1. The molecule has 0 spiro atoms. The SMILES string of the molecule is C=CC(=O)N1CCN(c2nc(=O)n3c4nc(c(Cl)cc24)-c2c(F)cccc2NCCOc2ccnc(C(C)C)c2-3)[C@H](C)C1. The normalized spacial score (nSPS) is 16.6. The van der Waals surface area contributed by atoms with E-state index in [9.17, 15) is 9.59 Å². The summed E-state index contributed by atoms with van der Waals surface area (Å²) < 4.78 is 23.1. The van der Waals surface area contributed by atoms with Gasteiger partial charge in [0.2, 0.25) is 5.91 Å². The minimum Gasteiger partial charge on any atom is -0.489 e. The number of aromatic nitrogens is 4. The van der Waals surface area contributed by atoms with E-state index < -0.39 is 11.5 Å². The first kappa shape index (κ1) is 28.6. The number of halogens is 2. The second-order valence-electron chi connectivity index (χ2n) is 10.9. The van der Waals surface area contributed by atoms with Crippen LogP contribution in [0.4, 0.5) is 15.9 Å². The van der Waals surface area contributed by atoms with Crippen molar-refractivity contribution in [3.63, 3.8) is 0 Å². The molecule has 3 aromatic heterocycles. The summed E-state index contributed by atoms with van der Waals surface area (Å²) in [4.78, 5) is 44.2.